The van der Waals surface area contributed by atoms with Crippen molar-refractivity contribution in [2.24, 2.45) is 29.1 Å². The fourth-order valence-electron chi connectivity index (χ4n) is 6.15. The Bertz CT molecular complexity index is 587. The smallest absolute Gasteiger partial charge is 0.155 e. The average Bonchev–Trinajstić information content (AvgIpc) is 2.84. The molecule has 0 aromatic carbocycles. The van der Waals surface area contributed by atoms with Gasteiger partial charge in [0.25, 0.3) is 0 Å². The van der Waals surface area contributed by atoms with Crippen LogP contribution in [0.4, 0.5) is 0 Å². The maximum absolute atomic E-state index is 13.0. The summed E-state index contributed by atoms with van der Waals surface area (Å²) in [6.07, 6.45) is 8.13. The highest BCUT2D eigenvalue weighted by Crippen LogP contribution is 2.60. The lowest BCUT2D eigenvalue weighted by Crippen LogP contribution is -2.52. The molecule has 3 fully saturated rings. The number of allylic oxidation sites excluding steroid dienone is 1. The van der Waals surface area contributed by atoms with Crippen LogP contribution >= 0.6 is 0 Å². The number of ketones is 3. The molecule has 0 heterocycles. The fourth-order valence-corrected chi connectivity index (χ4v) is 6.15. The van der Waals surface area contributed by atoms with Crippen molar-refractivity contribution in [2.45, 2.75) is 58.3 Å². The number of rotatable bonds is 1. The summed E-state index contributed by atoms with van der Waals surface area (Å²) in [6, 6.07) is 0. The molecule has 0 radical (unpaired) electrons. The Balaban J connectivity index is 1.72. The van der Waals surface area contributed by atoms with E-state index >= 15 is 0 Å². The van der Waals surface area contributed by atoms with E-state index < -0.39 is 0 Å². The zero-order valence-electron chi connectivity index (χ0n) is 13.3. The van der Waals surface area contributed by atoms with E-state index in [-0.39, 0.29) is 23.0 Å². The third-order valence-corrected chi connectivity index (χ3v) is 7.14. The monoisotopic (exact) mass is 300 g/mol. The number of carbonyl (C=O) groups is 3. The molecule has 0 N–H and O–H groups in total. The molecule has 0 bridgehead atoms. The fraction of sp³-hybridized carbons (Fsp3) is 0.737. The summed E-state index contributed by atoms with van der Waals surface area (Å²) in [7, 11) is 0. The van der Waals surface area contributed by atoms with Crippen molar-refractivity contribution < 1.29 is 14.4 Å². The van der Waals surface area contributed by atoms with Crippen LogP contribution in [0.5, 0.6) is 0 Å². The minimum Gasteiger partial charge on any atom is -0.299 e. The Morgan fingerprint density at radius 2 is 1.91 bits per heavy atom. The summed E-state index contributed by atoms with van der Waals surface area (Å²) in [6.45, 7) is 2.08. The summed E-state index contributed by atoms with van der Waals surface area (Å²) < 4.78 is 0. The zero-order valence-corrected chi connectivity index (χ0v) is 13.3. The van der Waals surface area contributed by atoms with Crippen molar-refractivity contribution in [1.29, 1.82) is 0 Å². The van der Waals surface area contributed by atoms with Crippen LogP contribution < -0.4 is 0 Å². The molecular formula is C19H24O3. The predicted molar refractivity (Wildman–Crippen MR) is 82.1 cm³/mol. The van der Waals surface area contributed by atoms with E-state index in [1.54, 1.807) is 0 Å². The topological polar surface area (TPSA) is 51.2 Å². The molecule has 5 atom stereocenters. The number of fused-ring (bicyclic) bond motifs is 5. The number of hydrogen-bond donors (Lipinski definition) is 0. The quantitative estimate of drug-likeness (QED) is 0.747. The first-order valence-corrected chi connectivity index (χ1v) is 8.86. The maximum Gasteiger partial charge on any atom is 0.155 e. The molecule has 0 aromatic heterocycles. The SMILES string of the molecule is CC[C@]12CC(=O)[C@@H]3C4CCC(=O)C=C4CC[C@@H]3C1CCC2=O. The van der Waals surface area contributed by atoms with Gasteiger partial charge in [-0.2, -0.15) is 0 Å². The number of hydrogen-bond acceptors (Lipinski definition) is 3. The molecule has 4 aliphatic carbocycles. The second-order valence-electron chi connectivity index (χ2n) is 7.78. The van der Waals surface area contributed by atoms with Gasteiger partial charge in [0, 0.05) is 30.6 Å². The molecule has 0 aromatic rings. The third kappa shape index (κ3) is 1.77. The Labute approximate surface area is 131 Å². The minimum absolute atomic E-state index is 0.0867. The van der Waals surface area contributed by atoms with Crippen LogP contribution in [0, 0.1) is 29.1 Å². The van der Waals surface area contributed by atoms with Crippen LogP contribution in [-0.4, -0.2) is 17.3 Å². The molecule has 118 valence electrons. The largest absolute Gasteiger partial charge is 0.299 e. The molecule has 4 aliphatic rings. The van der Waals surface area contributed by atoms with Crippen molar-refractivity contribution in [3.63, 3.8) is 0 Å². The van der Waals surface area contributed by atoms with Crippen molar-refractivity contribution in [2.75, 3.05) is 0 Å². The van der Waals surface area contributed by atoms with E-state index in [1.165, 1.54) is 5.57 Å². The van der Waals surface area contributed by atoms with Gasteiger partial charge in [-0.3, -0.25) is 14.4 Å². The first-order chi connectivity index (χ1) is 10.6. The van der Waals surface area contributed by atoms with Crippen LogP contribution in [-0.2, 0) is 14.4 Å². The van der Waals surface area contributed by atoms with Crippen LogP contribution in [0.2, 0.25) is 0 Å². The molecule has 0 amide bonds. The molecule has 3 saturated carbocycles. The van der Waals surface area contributed by atoms with E-state index in [0.29, 0.717) is 42.7 Å². The van der Waals surface area contributed by atoms with Gasteiger partial charge in [0.05, 0.1) is 0 Å². The van der Waals surface area contributed by atoms with E-state index in [2.05, 4.69) is 6.92 Å². The molecule has 0 aliphatic heterocycles. The molecule has 22 heavy (non-hydrogen) atoms. The van der Waals surface area contributed by atoms with Crippen molar-refractivity contribution in [3.8, 4) is 0 Å². The molecule has 3 nitrogen and oxygen atoms in total. The van der Waals surface area contributed by atoms with Crippen molar-refractivity contribution in [1.82, 2.24) is 0 Å². The van der Waals surface area contributed by atoms with Crippen LogP contribution in [0.1, 0.15) is 58.3 Å². The molecular weight excluding hydrogens is 276 g/mol. The van der Waals surface area contributed by atoms with Gasteiger partial charge < -0.3 is 0 Å². The van der Waals surface area contributed by atoms with E-state index in [1.807, 2.05) is 6.08 Å². The Hall–Kier alpha value is -1.25. The average molecular weight is 300 g/mol. The lowest BCUT2D eigenvalue weighted by atomic mass is 9.51. The zero-order chi connectivity index (χ0) is 15.5. The van der Waals surface area contributed by atoms with E-state index in [9.17, 15) is 14.4 Å². The highest BCUT2D eigenvalue weighted by atomic mass is 16.1. The lowest BCUT2D eigenvalue weighted by molar-refractivity contribution is -0.147. The molecule has 3 heteroatoms. The van der Waals surface area contributed by atoms with Gasteiger partial charge >= 0.3 is 0 Å². The summed E-state index contributed by atoms with van der Waals surface area (Å²) in [5.74, 6) is 2.04. The van der Waals surface area contributed by atoms with Crippen LogP contribution in [0.25, 0.3) is 0 Å². The Kier molecular flexibility index (Phi) is 3.18. The highest BCUT2D eigenvalue weighted by Gasteiger charge is 2.60. The van der Waals surface area contributed by atoms with Crippen molar-refractivity contribution in [3.05, 3.63) is 11.6 Å². The minimum atomic E-state index is -0.343. The van der Waals surface area contributed by atoms with Gasteiger partial charge in [0.1, 0.15) is 11.6 Å². The molecule has 0 saturated heterocycles. The van der Waals surface area contributed by atoms with Gasteiger partial charge in [-0.25, -0.2) is 0 Å². The predicted octanol–water partition coefficient (Wildman–Crippen LogP) is 3.27. The van der Waals surface area contributed by atoms with Gasteiger partial charge in [-0.1, -0.05) is 12.5 Å². The Morgan fingerprint density at radius 3 is 2.68 bits per heavy atom. The summed E-state index contributed by atoms with van der Waals surface area (Å²) in [5.41, 5.74) is 0.878. The molecule has 0 spiro atoms. The van der Waals surface area contributed by atoms with Gasteiger partial charge in [-0.05, 0) is 55.9 Å². The van der Waals surface area contributed by atoms with Crippen LogP contribution in [0.3, 0.4) is 0 Å². The molecule has 4 rings (SSSR count). The first kappa shape index (κ1) is 14.3. The number of Topliss-reactive ketones (excluding diaryl/α,β-unsaturated/α-hetero) is 2. The van der Waals surface area contributed by atoms with Crippen molar-refractivity contribution >= 4 is 17.3 Å². The van der Waals surface area contributed by atoms with E-state index in [4.69, 9.17) is 0 Å². The first-order valence-electron chi connectivity index (χ1n) is 8.86. The highest BCUT2D eigenvalue weighted by molar-refractivity contribution is 5.96. The number of carbonyl (C=O) groups excluding carboxylic acids is 3. The standard InChI is InChI=1S/C19H24O3/c1-2-19-10-16(21)18-13-6-4-12(20)9-11(13)3-5-14(18)15(19)7-8-17(19)22/h9,13-15,18H,2-8,10H2,1H3/t13?,14-,15?,18-,19+/m1/s1. The lowest BCUT2D eigenvalue weighted by Gasteiger charge is -2.51. The normalized spacial score (nSPS) is 44.2. The molecule has 2 unspecified atom stereocenters. The van der Waals surface area contributed by atoms with Gasteiger partial charge in [-0.15, -0.1) is 0 Å². The summed E-state index contributed by atoms with van der Waals surface area (Å²) in [4.78, 5) is 37.1. The Morgan fingerprint density at radius 1 is 1.09 bits per heavy atom. The van der Waals surface area contributed by atoms with Gasteiger partial charge in [0.15, 0.2) is 5.78 Å². The summed E-state index contributed by atoms with van der Waals surface area (Å²) >= 11 is 0. The van der Waals surface area contributed by atoms with Gasteiger partial charge in [0.2, 0.25) is 0 Å². The second kappa shape index (κ2) is 4.87. The van der Waals surface area contributed by atoms with E-state index in [0.717, 1.165) is 32.1 Å². The third-order valence-electron chi connectivity index (χ3n) is 7.14. The second-order valence-corrected chi connectivity index (χ2v) is 7.78. The summed E-state index contributed by atoms with van der Waals surface area (Å²) in [5, 5.41) is 0. The maximum atomic E-state index is 13.0. The van der Waals surface area contributed by atoms with Crippen LogP contribution in [0.15, 0.2) is 11.6 Å².